The van der Waals surface area contributed by atoms with E-state index in [1.807, 2.05) is 23.1 Å². The smallest absolute Gasteiger partial charge is 0.325 e. The maximum absolute atomic E-state index is 13.8. The van der Waals surface area contributed by atoms with E-state index in [0.29, 0.717) is 29.6 Å². The molecule has 8 heteroatoms. The maximum atomic E-state index is 13.8. The van der Waals surface area contributed by atoms with E-state index in [-0.39, 0.29) is 6.54 Å². The van der Waals surface area contributed by atoms with E-state index in [1.54, 1.807) is 0 Å². The lowest BCUT2D eigenvalue weighted by atomic mass is 10.0. The molecule has 0 bridgehead atoms. The van der Waals surface area contributed by atoms with Gasteiger partial charge in [0.15, 0.2) is 0 Å². The molecule has 2 N–H and O–H groups in total. The first-order chi connectivity index (χ1) is 14.9. The van der Waals surface area contributed by atoms with Crippen molar-refractivity contribution in [3.05, 3.63) is 71.7 Å². The summed E-state index contributed by atoms with van der Waals surface area (Å²) in [4.78, 5) is 27.7. The van der Waals surface area contributed by atoms with Crippen LogP contribution in [0.3, 0.4) is 0 Å². The number of halogens is 1. The van der Waals surface area contributed by atoms with Crippen molar-refractivity contribution in [2.75, 3.05) is 26.2 Å². The lowest BCUT2D eigenvalue weighted by Gasteiger charge is -2.37. The van der Waals surface area contributed by atoms with Crippen LogP contribution < -0.4 is 0 Å². The topological polar surface area (TPSA) is 86.0 Å². The van der Waals surface area contributed by atoms with Crippen LogP contribution in [-0.2, 0) is 22.7 Å². The molecule has 0 spiro atoms. The molecule has 4 rings (SSSR count). The van der Waals surface area contributed by atoms with Crippen molar-refractivity contribution in [2.45, 2.75) is 19.1 Å². The first-order valence-electron chi connectivity index (χ1n) is 10.2. The molecular formula is C23H24FN3O4. The molecule has 0 amide bonds. The third-order valence-corrected chi connectivity index (χ3v) is 5.73. The van der Waals surface area contributed by atoms with Crippen LogP contribution in [0.2, 0.25) is 0 Å². The van der Waals surface area contributed by atoms with Gasteiger partial charge in [0.1, 0.15) is 18.4 Å². The number of hydrogen-bond donors (Lipinski definition) is 2. The number of carbonyl (C=O) groups is 2. The SMILES string of the molecule is O=C(O)Cn1cc([C@H](C(=O)O)N2CCN(Cc3ccccc3)CC2)c2ccc(F)cc21. The molecule has 1 fully saturated rings. The molecule has 1 aromatic heterocycles. The zero-order chi connectivity index (χ0) is 22.0. The monoisotopic (exact) mass is 425 g/mol. The van der Waals surface area contributed by atoms with Gasteiger partial charge in [0.05, 0.1) is 5.52 Å². The standard InChI is InChI=1S/C23H24FN3O4/c24-17-6-7-18-19(14-27(15-21(28)29)20(18)12-17)22(23(30)31)26-10-8-25(9-11-26)13-16-4-2-1-3-5-16/h1-7,12,14,22H,8-11,13,15H2,(H,28,29)(H,30,31)/t22-/m1/s1. The molecule has 3 aromatic rings. The van der Waals surface area contributed by atoms with Crippen LogP contribution in [0.1, 0.15) is 17.2 Å². The molecular weight excluding hydrogens is 401 g/mol. The second kappa shape index (κ2) is 8.87. The fourth-order valence-electron chi connectivity index (χ4n) is 4.30. The Morgan fingerprint density at radius 2 is 1.71 bits per heavy atom. The summed E-state index contributed by atoms with van der Waals surface area (Å²) in [5, 5.41) is 19.8. The highest BCUT2D eigenvalue weighted by molar-refractivity contribution is 5.90. The number of fused-ring (bicyclic) bond motifs is 1. The van der Waals surface area contributed by atoms with Crippen molar-refractivity contribution in [3.63, 3.8) is 0 Å². The Hall–Kier alpha value is -3.23. The minimum atomic E-state index is -1.07. The predicted molar refractivity (Wildman–Crippen MR) is 113 cm³/mol. The lowest BCUT2D eigenvalue weighted by Crippen LogP contribution is -2.48. The van der Waals surface area contributed by atoms with Gasteiger partial charge >= 0.3 is 11.9 Å². The third-order valence-electron chi connectivity index (χ3n) is 5.73. The van der Waals surface area contributed by atoms with Gasteiger partial charge in [0, 0.05) is 49.9 Å². The molecule has 7 nitrogen and oxygen atoms in total. The van der Waals surface area contributed by atoms with Gasteiger partial charge in [-0.2, -0.15) is 0 Å². The molecule has 1 aliphatic rings. The fraction of sp³-hybridized carbons (Fsp3) is 0.304. The number of aromatic nitrogens is 1. The van der Waals surface area contributed by atoms with Crippen LogP contribution in [-0.4, -0.2) is 62.7 Å². The van der Waals surface area contributed by atoms with Crippen molar-refractivity contribution >= 4 is 22.8 Å². The summed E-state index contributed by atoms with van der Waals surface area (Å²) in [6.45, 7) is 3.02. The lowest BCUT2D eigenvalue weighted by molar-refractivity contribution is -0.144. The van der Waals surface area contributed by atoms with Gasteiger partial charge in [-0.05, 0) is 23.8 Å². The molecule has 0 saturated carbocycles. The Balaban J connectivity index is 1.58. The number of carboxylic acids is 2. The van der Waals surface area contributed by atoms with Gasteiger partial charge in [-0.1, -0.05) is 30.3 Å². The Morgan fingerprint density at radius 1 is 1.00 bits per heavy atom. The molecule has 1 aliphatic heterocycles. The number of nitrogens with zero attached hydrogens (tertiary/aromatic N) is 3. The quantitative estimate of drug-likeness (QED) is 0.606. The largest absolute Gasteiger partial charge is 0.480 e. The van der Waals surface area contributed by atoms with Crippen molar-refractivity contribution in [1.29, 1.82) is 0 Å². The van der Waals surface area contributed by atoms with Crippen LogP contribution in [0, 0.1) is 5.82 Å². The number of rotatable bonds is 7. The summed E-state index contributed by atoms with van der Waals surface area (Å²) < 4.78 is 15.2. The summed E-state index contributed by atoms with van der Waals surface area (Å²) in [5.41, 5.74) is 2.08. The Morgan fingerprint density at radius 3 is 2.35 bits per heavy atom. The Bertz CT molecular complexity index is 1090. The van der Waals surface area contributed by atoms with Crippen LogP contribution in [0.5, 0.6) is 0 Å². The van der Waals surface area contributed by atoms with Crippen molar-refractivity contribution in [1.82, 2.24) is 14.4 Å². The van der Waals surface area contributed by atoms with Gasteiger partial charge in [-0.25, -0.2) is 4.39 Å². The number of hydrogen-bond acceptors (Lipinski definition) is 4. The molecule has 2 aromatic carbocycles. The second-order valence-electron chi connectivity index (χ2n) is 7.81. The van der Waals surface area contributed by atoms with Crippen LogP contribution in [0.15, 0.2) is 54.7 Å². The number of piperazine rings is 1. The summed E-state index contributed by atoms with van der Waals surface area (Å²) in [6, 6.07) is 13.2. The molecule has 0 aliphatic carbocycles. The molecule has 0 radical (unpaired) electrons. The zero-order valence-corrected chi connectivity index (χ0v) is 16.9. The minimum absolute atomic E-state index is 0.364. The number of carboxylic acid groups (broad SMARTS) is 2. The van der Waals surface area contributed by atoms with Crippen molar-refractivity contribution < 1.29 is 24.2 Å². The highest BCUT2D eigenvalue weighted by Crippen LogP contribution is 2.32. The number of benzene rings is 2. The fourth-order valence-corrected chi connectivity index (χ4v) is 4.30. The predicted octanol–water partition coefficient (Wildman–Crippen LogP) is 2.81. The van der Waals surface area contributed by atoms with E-state index in [1.165, 1.54) is 34.5 Å². The van der Waals surface area contributed by atoms with E-state index in [2.05, 4.69) is 17.0 Å². The van der Waals surface area contributed by atoms with E-state index in [4.69, 9.17) is 0 Å². The van der Waals surface area contributed by atoms with Crippen LogP contribution >= 0.6 is 0 Å². The average molecular weight is 425 g/mol. The van der Waals surface area contributed by atoms with E-state index >= 15 is 0 Å². The Labute approximate surface area is 178 Å². The van der Waals surface area contributed by atoms with Gasteiger partial charge in [-0.3, -0.25) is 19.4 Å². The normalized spacial score (nSPS) is 16.4. The van der Waals surface area contributed by atoms with E-state index in [0.717, 1.165) is 19.6 Å². The van der Waals surface area contributed by atoms with Gasteiger partial charge in [0.25, 0.3) is 0 Å². The highest BCUT2D eigenvalue weighted by atomic mass is 19.1. The molecule has 0 unspecified atom stereocenters. The average Bonchev–Trinajstić information content (AvgIpc) is 3.06. The van der Waals surface area contributed by atoms with E-state index in [9.17, 15) is 24.2 Å². The molecule has 162 valence electrons. The summed E-state index contributed by atoms with van der Waals surface area (Å²) in [7, 11) is 0. The van der Waals surface area contributed by atoms with E-state index < -0.39 is 23.8 Å². The third kappa shape index (κ3) is 4.60. The summed E-state index contributed by atoms with van der Waals surface area (Å²) in [6.07, 6.45) is 1.54. The number of aliphatic carboxylic acids is 2. The minimum Gasteiger partial charge on any atom is -0.480 e. The summed E-state index contributed by atoms with van der Waals surface area (Å²) in [5.74, 6) is -2.57. The first-order valence-corrected chi connectivity index (χ1v) is 10.2. The highest BCUT2D eigenvalue weighted by Gasteiger charge is 2.33. The van der Waals surface area contributed by atoms with Gasteiger partial charge in [-0.15, -0.1) is 0 Å². The molecule has 1 atom stereocenters. The van der Waals surface area contributed by atoms with Crippen LogP contribution in [0.25, 0.3) is 10.9 Å². The van der Waals surface area contributed by atoms with Gasteiger partial charge in [0.2, 0.25) is 0 Å². The molecule has 2 heterocycles. The second-order valence-corrected chi connectivity index (χ2v) is 7.81. The maximum Gasteiger partial charge on any atom is 0.325 e. The van der Waals surface area contributed by atoms with Crippen LogP contribution in [0.4, 0.5) is 4.39 Å². The van der Waals surface area contributed by atoms with Crippen molar-refractivity contribution in [3.8, 4) is 0 Å². The zero-order valence-electron chi connectivity index (χ0n) is 16.9. The summed E-state index contributed by atoms with van der Waals surface area (Å²) >= 11 is 0. The van der Waals surface area contributed by atoms with Gasteiger partial charge < -0.3 is 14.8 Å². The molecule has 1 saturated heterocycles. The first kappa shape index (κ1) is 21.0. The van der Waals surface area contributed by atoms with Crippen molar-refractivity contribution in [2.24, 2.45) is 0 Å². The Kier molecular flexibility index (Phi) is 6.01. The molecule has 31 heavy (non-hydrogen) atoms.